The smallest absolute Gasteiger partial charge is 0.189 e. The molecule has 0 saturated heterocycles. The molecule has 2 aromatic rings. The Kier molecular flexibility index (Phi) is 3.79. The molecule has 0 fully saturated rings. The molecule has 0 saturated carbocycles. The highest BCUT2D eigenvalue weighted by atomic mass is 35.5. The van der Waals surface area contributed by atoms with Gasteiger partial charge in [0.05, 0.1) is 5.02 Å². The van der Waals surface area contributed by atoms with Crippen LogP contribution >= 0.6 is 11.6 Å². The summed E-state index contributed by atoms with van der Waals surface area (Å²) in [7, 11) is 0. The van der Waals surface area contributed by atoms with E-state index in [0.29, 0.717) is 10.6 Å². The largest absolute Gasteiger partial charge is 0.379 e. The van der Waals surface area contributed by atoms with Gasteiger partial charge in [-0.15, -0.1) is 0 Å². The highest BCUT2D eigenvalue weighted by molar-refractivity contribution is 6.34. The predicted octanol–water partition coefficient (Wildman–Crippen LogP) is 4.49. The third-order valence-corrected chi connectivity index (χ3v) is 4.16. The summed E-state index contributed by atoms with van der Waals surface area (Å²) in [5.74, 6) is -0.0828. The maximum Gasteiger partial charge on any atom is 0.189 e. The lowest BCUT2D eigenvalue weighted by molar-refractivity contribution is 0.104. The number of carbonyl (C=O) groups excluding carboxylic acids is 1. The number of benzene rings is 2. The van der Waals surface area contributed by atoms with E-state index >= 15 is 0 Å². The Morgan fingerprint density at radius 1 is 1.14 bits per heavy atom. The molecule has 22 heavy (non-hydrogen) atoms. The van der Waals surface area contributed by atoms with Gasteiger partial charge in [-0.25, -0.2) is 0 Å². The average Bonchev–Trinajstić information content (AvgIpc) is 2.46. The first-order chi connectivity index (χ1) is 10.5. The van der Waals surface area contributed by atoms with Gasteiger partial charge in [-0.2, -0.15) is 0 Å². The summed E-state index contributed by atoms with van der Waals surface area (Å²) in [6.07, 6.45) is 2.59. The van der Waals surface area contributed by atoms with Crippen LogP contribution in [0.1, 0.15) is 35.3 Å². The van der Waals surface area contributed by atoms with Crippen LogP contribution in [0.4, 0.5) is 0 Å². The van der Waals surface area contributed by atoms with Gasteiger partial charge in [-0.05, 0) is 38.0 Å². The molecule has 2 nitrogen and oxygen atoms in total. The van der Waals surface area contributed by atoms with Crippen LogP contribution in [0.15, 0.2) is 54.6 Å². The number of rotatable bonds is 2. The van der Waals surface area contributed by atoms with Crippen LogP contribution in [-0.4, -0.2) is 11.3 Å². The van der Waals surface area contributed by atoms with Crippen LogP contribution in [-0.2, 0) is 6.42 Å². The van der Waals surface area contributed by atoms with Crippen molar-refractivity contribution in [3.8, 4) is 0 Å². The number of allylic oxidation sites excluding steroid dienone is 1. The van der Waals surface area contributed by atoms with E-state index in [0.717, 1.165) is 17.7 Å². The van der Waals surface area contributed by atoms with Crippen molar-refractivity contribution in [3.05, 3.63) is 76.3 Å². The third-order valence-electron chi connectivity index (χ3n) is 3.83. The van der Waals surface area contributed by atoms with Crippen LogP contribution in [0, 0.1) is 0 Å². The van der Waals surface area contributed by atoms with E-state index in [4.69, 9.17) is 11.6 Å². The van der Waals surface area contributed by atoms with Crippen molar-refractivity contribution < 1.29 is 4.79 Å². The molecule has 1 N–H and O–H groups in total. The molecule has 3 rings (SSSR count). The molecule has 1 aliphatic heterocycles. The van der Waals surface area contributed by atoms with Crippen molar-refractivity contribution in [1.29, 1.82) is 0 Å². The summed E-state index contributed by atoms with van der Waals surface area (Å²) in [6.45, 7) is 4.27. The maximum atomic E-state index is 12.6. The van der Waals surface area contributed by atoms with Gasteiger partial charge in [0.25, 0.3) is 0 Å². The highest BCUT2D eigenvalue weighted by Gasteiger charge is 2.27. The lowest BCUT2D eigenvalue weighted by Crippen LogP contribution is -2.43. The minimum absolute atomic E-state index is 0.0824. The van der Waals surface area contributed by atoms with E-state index in [-0.39, 0.29) is 11.3 Å². The van der Waals surface area contributed by atoms with Crippen LogP contribution in [0.25, 0.3) is 5.70 Å². The molecular weight excluding hydrogens is 294 g/mol. The molecule has 0 bridgehead atoms. The monoisotopic (exact) mass is 311 g/mol. The minimum atomic E-state index is -0.0828. The number of nitrogens with one attached hydrogen (secondary N) is 1. The van der Waals surface area contributed by atoms with Crippen LogP contribution in [0.5, 0.6) is 0 Å². The summed E-state index contributed by atoms with van der Waals surface area (Å²) >= 11 is 6.12. The van der Waals surface area contributed by atoms with Crippen molar-refractivity contribution >= 4 is 23.1 Å². The van der Waals surface area contributed by atoms with E-state index in [2.05, 4.69) is 25.2 Å². The SMILES string of the molecule is CC1(C)Cc2ccccc2/C(=C/C(=O)c2ccccc2Cl)N1. The van der Waals surface area contributed by atoms with Crippen molar-refractivity contribution in [2.75, 3.05) is 0 Å². The first kappa shape index (κ1) is 14.9. The van der Waals surface area contributed by atoms with Crippen LogP contribution in [0.2, 0.25) is 5.02 Å². The molecule has 0 aliphatic carbocycles. The third kappa shape index (κ3) is 2.93. The zero-order valence-corrected chi connectivity index (χ0v) is 13.4. The Morgan fingerprint density at radius 2 is 1.82 bits per heavy atom. The fourth-order valence-corrected chi connectivity index (χ4v) is 3.10. The molecule has 1 aliphatic rings. The van der Waals surface area contributed by atoms with Gasteiger partial charge in [0.1, 0.15) is 0 Å². The van der Waals surface area contributed by atoms with E-state index < -0.39 is 0 Å². The molecule has 1 heterocycles. The molecular formula is C19H18ClNO. The summed E-state index contributed by atoms with van der Waals surface area (Å²) in [6, 6.07) is 15.3. The normalized spacial score (nSPS) is 17.7. The zero-order valence-electron chi connectivity index (χ0n) is 12.7. The average molecular weight is 312 g/mol. The molecule has 0 aromatic heterocycles. The summed E-state index contributed by atoms with van der Waals surface area (Å²) in [5.41, 5.74) is 3.64. The standard InChI is InChI=1S/C19H18ClNO/c1-19(2)12-13-7-3-4-8-14(13)17(21-19)11-18(22)15-9-5-6-10-16(15)20/h3-11,21H,12H2,1-2H3/b17-11-. The number of carbonyl (C=O) groups is 1. The van der Waals surface area contributed by atoms with Crippen molar-refractivity contribution in [1.82, 2.24) is 5.32 Å². The number of halogens is 1. The zero-order chi connectivity index (χ0) is 15.7. The van der Waals surface area contributed by atoms with Gasteiger partial charge in [-0.3, -0.25) is 4.79 Å². The van der Waals surface area contributed by atoms with E-state index in [1.165, 1.54) is 5.56 Å². The van der Waals surface area contributed by atoms with Gasteiger partial charge in [0.2, 0.25) is 0 Å². The second-order valence-electron chi connectivity index (χ2n) is 6.24. The quantitative estimate of drug-likeness (QED) is 0.654. The van der Waals surface area contributed by atoms with E-state index in [9.17, 15) is 4.79 Å². The number of hydrogen-bond acceptors (Lipinski definition) is 2. The van der Waals surface area contributed by atoms with Crippen molar-refractivity contribution in [3.63, 3.8) is 0 Å². The Balaban J connectivity index is 2.04. The molecule has 2 aromatic carbocycles. The first-order valence-electron chi connectivity index (χ1n) is 7.33. The molecule has 0 radical (unpaired) electrons. The predicted molar refractivity (Wildman–Crippen MR) is 91.1 cm³/mol. The summed E-state index contributed by atoms with van der Waals surface area (Å²) in [4.78, 5) is 12.6. The Bertz CT molecular complexity index is 762. The topological polar surface area (TPSA) is 29.1 Å². The van der Waals surface area contributed by atoms with Gasteiger partial charge < -0.3 is 5.32 Å². The molecule has 0 spiro atoms. The van der Waals surface area contributed by atoms with Gasteiger partial charge >= 0.3 is 0 Å². The van der Waals surface area contributed by atoms with E-state index in [1.807, 2.05) is 30.3 Å². The Hall–Kier alpha value is -2.06. The van der Waals surface area contributed by atoms with E-state index in [1.54, 1.807) is 18.2 Å². The number of fused-ring (bicyclic) bond motifs is 1. The highest BCUT2D eigenvalue weighted by Crippen LogP contribution is 2.30. The minimum Gasteiger partial charge on any atom is -0.379 e. The second-order valence-corrected chi connectivity index (χ2v) is 6.65. The summed E-state index contributed by atoms with van der Waals surface area (Å²) < 4.78 is 0. The van der Waals surface area contributed by atoms with Gasteiger partial charge in [-0.1, -0.05) is 48.0 Å². The fourth-order valence-electron chi connectivity index (χ4n) is 2.87. The van der Waals surface area contributed by atoms with Crippen molar-refractivity contribution in [2.45, 2.75) is 25.8 Å². The van der Waals surface area contributed by atoms with Gasteiger partial charge in [0, 0.05) is 28.4 Å². The fraction of sp³-hybridized carbons (Fsp3) is 0.211. The van der Waals surface area contributed by atoms with Gasteiger partial charge in [0.15, 0.2) is 5.78 Å². The molecule has 112 valence electrons. The first-order valence-corrected chi connectivity index (χ1v) is 7.71. The van der Waals surface area contributed by atoms with Crippen LogP contribution in [0.3, 0.4) is 0 Å². The maximum absolute atomic E-state index is 12.6. The molecule has 3 heteroatoms. The lowest BCUT2D eigenvalue weighted by Gasteiger charge is -2.35. The molecule has 0 amide bonds. The second kappa shape index (κ2) is 5.62. The molecule has 0 unspecified atom stereocenters. The summed E-state index contributed by atoms with van der Waals surface area (Å²) in [5, 5.41) is 3.95. The number of hydrogen-bond donors (Lipinski definition) is 1. The number of ketones is 1. The lowest BCUT2D eigenvalue weighted by atomic mass is 9.85. The molecule has 0 atom stereocenters. The van der Waals surface area contributed by atoms with Crippen molar-refractivity contribution in [2.24, 2.45) is 0 Å². The Morgan fingerprint density at radius 3 is 2.59 bits per heavy atom. The van der Waals surface area contributed by atoms with Crippen LogP contribution < -0.4 is 5.32 Å². The Labute approximate surface area is 135 Å².